The molecule has 0 bridgehead atoms. The van der Waals surface area contributed by atoms with Gasteiger partial charge >= 0.3 is 12.1 Å². The van der Waals surface area contributed by atoms with Gasteiger partial charge in [-0.1, -0.05) is 35.3 Å². The van der Waals surface area contributed by atoms with Gasteiger partial charge in [0.2, 0.25) is 0 Å². The van der Waals surface area contributed by atoms with Crippen LogP contribution in [-0.4, -0.2) is 30.6 Å². The molecular weight excluding hydrogens is 404 g/mol. The summed E-state index contributed by atoms with van der Waals surface area (Å²) < 4.78 is 43.7. The molecule has 1 unspecified atom stereocenters. The van der Waals surface area contributed by atoms with Crippen molar-refractivity contribution in [3.63, 3.8) is 0 Å². The number of alkyl halides is 3. The molecule has 27 heavy (non-hydrogen) atoms. The number of aromatic nitrogens is 1. The zero-order chi connectivity index (χ0) is 19.8. The van der Waals surface area contributed by atoms with Gasteiger partial charge in [0.05, 0.1) is 28.4 Å². The number of ether oxygens (including phenoxy) is 1. The Balaban J connectivity index is 1.99. The largest absolute Gasteiger partial charge is 0.467 e. The maximum absolute atomic E-state index is 13.0. The van der Waals surface area contributed by atoms with Crippen molar-refractivity contribution in [3.8, 4) is 11.3 Å². The van der Waals surface area contributed by atoms with E-state index in [4.69, 9.17) is 27.9 Å². The Bertz CT molecular complexity index is 874. The number of hydrogen-bond donors (Lipinski definition) is 0. The van der Waals surface area contributed by atoms with E-state index in [9.17, 15) is 18.0 Å². The van der Waals surface area contributed by atoms with Gasteiger partial charge in [-0.3, -0.25) is 4.98 Å². The van der Waals surface area contributed by atoms with Crippen molar-refractivity contribution >= 4 is 34.9 Å². The summed E-state index contributed by atoms with van der Waals surface area (Å²) in [5, 5.41) is -0.859. The number of anilines is 1. The highest BCUT2D eigenvalue weighted by Gasteiger charge is 2.36. The molecular formula is C18H15Cl2F3N2O2. The summed E-state index contributed by atoms with van der Waals surface area (Å²) >= 11 is 11.9. The van der Waals surface area contributed by atoms with Gasteiger partial charge in [0.1, 0.15) is 6.04 Å². The van der Waals surface area contributed by atoms with E-state index in [1.165, 1.54) is 7.11 Å². The molecule has 0 aliphatic carbocycles. The third-order valence-corrected chi connectivity index (χ3v) is 5.30. The Morgan fingerprint density at radius 3 is 2.70 bits per heavy atom. The summed E-state index contributed by atoms with van der Waals surface area (Å²) in [5.74, 6) is -0.327. The van der Waals surface area contributed by atoms with Crippen LogP contribution in [0.2, 0.25) is 10.0 Å². The van der Waals surface area contributed by atoms with Crippen LogP contribution in [0.1, 0.15) is 18.4 Å². The molecule has 1 saturated heterocycles. The first kappa shape index (κ1) is 19.8. The van der Waals surface area contributed by atoms with E-state index in [1.54, 1.807) is 18.2 Å². The van der Waals surface area contributed by atoms with Crippen LogP contribution in [0.3, 0.4) is 0 Å². The number of rotatable bonds is 3. The van der Waals surface area contributed by atoms with Crippen molar-refractivity contribution in [1.29, 1.82) is 0 Å². The molecule has 0 N–H and O–H groups in total. The minimum Gasteiger partial charge on any atom is -0.467 e. The smallest absolute Gasteiger partial charge is 0.419 e. The molecule has 1 aromatic carbocycles. The summed E-state index contributed by atoms with van der Waals surface area (Å²) in [7, 11) is 1.34. The van der Waals surface area contributed by atoms with Gasteiger partial charge in [-0.05, 0) is 25.0 Å². The fourth-order valence-electron chi connectivity index (χ4n) is 3.15. The van der Waals surface area contributed by atoms with Gasteiger partial charge in [-0.2, -0.15) is 13.2 Å². The van der Waals surface area contributed by atoms with Gasteiger partial charge in [0.15, 0.2) is 0 Å². The van der Waals surface area contributed by atoms with Crippen LogP contribution in [0.25, 0.3) is 11.3 Å². The first-order valence-corrected chi connectivity index (χ1v) is 8.85. The lowest BCUT2D eigenvalue weighted by atomic mass is 10.1. The Morgan fingerprint density at radius 2 is 2.04 bits per heavy atom. The first-order chi connectivity index (χ1) is 12.7. The van der Waals surface area contributed by atoms with E-state index >= 15 is 0 Å². The van der Waals surface area contributed by atoms with Crippen LogP contribution in [0.4, 0.5) is 18.9 Å². The fraction of sp³-hybridized carbons (Fsp3) is 0.333. The second kappa shape index (κ2) is 7.56. The number of nitrogens with zero attached hydrogens (tertiary/aromatic N) is 2. The zero-order valence-corrected chi connectivity index (χ0v) is 15.7. The van der Waals surface area contributed by atoms with E-state index in [1.807, 2.05) is 11.0 Å². The quantitative estimate of drug-likeness (QED) is 0.641. The number of benzene rings is 1. The van der Waals surface area contributed by atoms with Crippen LogP contribution in [0.5, 0.6) is 0 Å². The lowest BCUT2D eigenvalue weighted by Crippen LogP contribution is -2.36. The van der Waals surface area contributed by atoms with Crippen LogP contribution in [-0.2, 0) is 15.7 Å². The normalized spacial score (nSPS) is 17.3. The maximum Gasteiger partial charge on any atom is 0.419 e. The third-order valence-electron chi connectivity index (χ3n) is 4.44. The van der Waals surface area contributed by atoms with Crippen molar-refractivity contribution in [2.24, 2.45) is 0 Å². The number of methoxy groups -OCH3 is 1. The number of hydrogen-bond acceptors (Lipinski definition) is 4. The Morgan fingerprint density at radius 1 is 1.30 bits per heavy atom. The average molecular weight is 419 g/mol. The molecule has 144 valence electrons. The Labute approximate surface area is 163 Å². The van der Waals surface area contributed by atoms with Gasteiger partial charge in [-0.25, -0.2) is 4.79 Å². The highest BCUT2D eigenvalue weighted by atomic mass is 35.5. The van der Waals surface area contributed by atoms with E-state index < -0.39 is 22.8 Å². The second-order valence-corrected chi connectivity index (χ2v) is 6.83. The summed E-state index contributed by atoms with van der Waals surface area (Å²) in [6.45, 7) is 0.665. The molecule has 1 aliphatic rings. The van der Waals surface area contributed by atoms with Crippen LogP contribution in [0, 0.1) is 0 Å². The van der Waals surface area contributed by atoms with Gasteiger partial charge in [-0.15, -0.1) is 0 Å². The summed E-state index contributed by atoms with van der Waals surface area (Å²) in [4.78, 5) is 17.7. The molecule has 0 radical (unpaired) electrons. The molecule has 2 heterocycles. The molecule has 0 spiro atoms. The van der Waals surface area contributed by atoms with E-state index in [2.05, 4.69) is 4.98 Å². The van der Waals surface area contributed by atoms with Crippen molar-refractivity contribution in [2.75, 3.05) is 18.6 Å². The molecule has 1 aromatic heterocycles. The predicted octanol–water partition coefficient (Wildman–Crippen LogP) is 5.22. The number of halogens is 5. The predicted molar refractivity (Wildman–Crippen MR) is 97.1 cm³/mol. The van der Waals surface area contributed by atoms with Gasteiger partial charge < -0.3 is 9.64 Å². The number of carbonyl (C=O) groups excluding carboxylic acids is 1. The maximum atomic E-state index is 13.0. The van der Waals surface area contributed by atoms with Crippen molar-refractivity contribution in [3.05, 3.63) is 46.1 Å². The topological polar surface area (TPSA) is 42.4 Å². The lowest BCUT2D eigenvalue weighted by molar-refractivity contribution is -0.142. The summed E-state index contributed by atoms with van der Waals surface area (Å²) in [6.07, 6.45) is -2.47. The fourth-order valence-corrected chi connectivity index (χ4v) is 3.66. The van der Waals surface area contributed by atoms with Crippen molar-refractivity contribution < 1.29 is 22.7 Å². The minimum atomic E-state index is -4.64. The van der Waals surface area contributed by atoms with Crippen LogP contribution >= 0.6 is 23.2 Å². The standard InChI is InChI=1S/C18H15Cl2F3N2O2/c1-27-17(26)13-6-3-7-25(13)11-5-2-4-10(8-11)16-15(20)14(19)12(9-24-16)18(21,22)23/h2,4-5,8-9,13H,3,6-7H2,1H3. The zero-order valence-electron chi connectivity index (χ0n) is 14.2. The van der Waals surface area contributed by atoms with Crippen molar-refractivity contribution in [2.45, 2.75) is 25.1 Å². The summed E-state index contributed by atoms with van der Waals surface area (Å²) in [6, 6.07) is 6.53. The molecule has 1 fully saturated rings. The number of esters is 1. The Hall–Kier alpha value is -1.99. The lowest BCUT2D eigenvalue weighted by Gasteiger charge is -2.25. The van der Waals surface area contributed by atoms with Crippen LogP contribution in [0.15, 0.2) is 30.5 Å². The molecule has 3 rings (SSSR count). The van der Waals surface area contributed by atoms with Crippen molar-refractivity contribution in [1.82, 2.24) is 4.98 Å². The minimum absolute atomic E-state index is 0.144. The van der Waals surface area contributed by atoms with Crippen LogP contribution < -0.4 is 4.90 Å². The molecule has 2 aromatic rings. The third kappa shape index (κ3) is 3.84. The molecule has 9 heteroatoms. The molecule has 0 amide bonds. The molecule has 0 saturated carbocycles. The first-order valence-electron chi connectivity index (χ1n) is 8.10. The van der Waals surface area contributed by atoms with Gasteiger partial charge in [0.25, 0.3) is 0 Å². The highest BCUT2D eigenvalue weighted by Crippen LogP contribution is 2.41. The van der Waals surface area contributed by atoms with E-state index in [0.717, 1.165) is 12.1 Å². The average Bonchev–Trinajstić information content (AvgIpc) is 3.12. The monoisotopic (exact) mass is 418 g/mol. The van der Waals surface area contributed by atoms with E-state index in [-0.39, 0.29) is 16.7 Å². The molecule has 1 aliphatic heterocycles. The van der Waals surface area contributed by atoms with E-state index in [0.29, 0.717) is 24.7 Å². The molecule has 1 atom stereocenters. The highest BCUT2D eigenvalue weighted by molar-refractivity contribution is 6.44. The SMILES string of the molecule is COC(=O)C1CCCN1c1cccc(-c2ncc(C(F)(F)F)c(Cl)c2Cl)c1. The van der Waals surface area contributed by atoms with Gasteiger partial charge in [0, 0.05) is 24.0 Å². The molecule has 4 nitrogen and oxygen atoms in total. The number of pyridine rings is 1. The number of carbonyl (C=O) groups is 1. The Kier molecular flexibility index (Phi) is 5.53. The summed E-state index contributed by atoms with van der Waals surface area (Å²) in [5.41, 5.74) is 0.294. The second-order valence-electron chi connectivity index (χ2n) is 6.07.